The lowest BCUT2D eigenvalue weighted by atomic mass is 10.0. The van der Waals surface area contributed by atoms with Crippen LogP contribution in [0.4, 0.5) is 0 Å². The molecule has 0 aromatic rings. The van der Waals surface area contributed by atoms with Crippen LogP contribution in [0.5, 0.6) is 0 Å². The summed E-state index contributed by atoms with van der Waals surface area (Å²) in [6.45, 7) is 9.01. The number of unbranched alkanes of at least 4 members (excludes halogenated alkanes) is 19. The lowest BCUT2D eigenvalue weighted by Crippen LogP contribution is -2.23. The second kappa shape index (κ2) is 25.1. The third-order valence-electron chi connectivity index (χ3n) is 6.12. The number of esters is 2. The first-order chi connectivity index (χ1) is 16.1. The molecule has 192 valence electrons. The number of ether oxygens (including phenoxy) is 2. The van der Waals surface area contributed by atoms with Crippen molar-refractivity contribution in [3.8, 4) is 0 Å². The SMILES string of the molecule is C=CC(=O)OC(CCCCCCCCCCCCCCCCCCCCCC)OC(=O)C=C. The van der Waals surface area contributed by atoms with E-state index in [0.29, 0.717) is 6.42 Å². The van der Waals surface area contributed by atoms with Crippen molar-refractivity contribution in [2.24, 2.45) is 0 Å². The predicted octanol–water partition coefficient (Wildman–Crippen LogP) is 8.98. The quantitative estimate of drug-likeness (QED) is 0.0585. The maximum absolute atomic E-state index is 11.3. The largest absolute Gasteiger partial charge is 0.422 e. The van der Waals surface area contributed by atoms with Crippen molar-refractivity contribution < 1.29 is 19.1 Å². The lowest BCUT2D eigenvalue weighted by Gasteiger charge is -2.16. The van der Waals surface area contributed by atoms with E-state index in [9.17, 15) is 9.59 Å². The Labute approximate surface area is 204 Å². The number of hydrogen-bond acceptors (Lipinski definition) is 4. The highest BCUT2D eigenvalue weighted by molar-refractivity contribution is 5.83. The van der Waals surface area contributed by atoms with Gasteiger partial charge in [-0.1, -0.05) is 142 Å². The molecule has 0 aliphatic heterocycles. The van der Waals surface area contributed by atoms with Crippen molar-refractivity contribution in [2.75, 3.05) is 0 Å². The predicted molar refractivity (Wildman–Crippen MR) is 139 cm³/mol. The average molecular weight is 465 g/mol. The summed E-state index contributed by atoms with van der Waals surface area (Å²) in [7, 11) is 0. The van der Waals surface area contributed by atoms with E-state index in [1.165, 1.54) is 109 Å². The molecule has 0 saturated carbocycles. The monoisotopic (exact) mass is 464 g/mol. The van der Waals surface area contributed by atoms with E-state index in [1.807, 2.05) is 0 Å². The smallest absolute Gasteiger partial charge is 0.333 e. The van der Waals surface area contributed by atoms with E-state index < -0.39 is 18.2 Å². The first-order valence-electron chi connectivity index (χ1n) is 13.8. The van der Waals surface area contributed by atoms with Crippen molar-refractivity contribution in [3.63, 3.8) is 0 Å². The molecule has 0 aliphatic rings. The molecule has 0 aliphatic carbocycles. The zero-order chi connectivity index (χ0) is 24.4. The first-order valence-corrected chi connectivity index (χ1v) is 13.8. The Kier molecular flexibility index (Phi) is 23.9. The zero-order valence-electron chi connectivity index (χ0n) is 21.6. The molecule has 33 heavy (non-hydrogen) atoms. The van der Waals surface area contributed by atoms with Gasteiger partial charge in [-0.05, 0) is 6.42 Å². The summed E-state index contributed by atoms with van der Waals surface area (Å²) in [5.41, 5.74) is 0. The van der Waals surface area contributed by atoms with Gasteiger partial charge in [0, 0.05) is 18.6 Å². The van der Waals surface area contributed by atoms with Crippen molar-refractivity contribution in [2.45, 2.75) is 148 Å². The van der Waals surface area contributed by atoms with Crippen LogP contribution in [-0.4, -0.2) is 18.2 Å². The van der Waals surface area contributed by atoms with Crippen LogP contribution in [0.25, 0.3) is 0 Å². The van der Waals surface area contributed by atoms with Gasteiger partial charge in [-0.15, -0.1) is 0 Å². The van der Waals surface area contributed by atoms with Crippen molar-refractivity contribution in [1.82, 2.24) is 0 Å². The van der Waals surface area contributed by atoms with Crippen LogP contribution in [0.2, 0.25) is 0 Å². The summed E-state index contributed by atoms with van der Waals surface area (Å²) in [4.78, 5) is 22.7. The molecular weight excluding hydrogens is 412 g/mol. The van der Waals surface area contributed by atoms with Crippen molar-refractivity contribution in [3.05, 3.63) is 25.3 Å². The van der Waals surface area contributed by atoms with Gasteiger partial charge in [-0.25, -0.2) is 9.59 Å². The minimum Gasteiger partial charge on any atom is -0.422 e. The van der Waals surface area contributed by atoms with E-state index in [0.717, 1.165) is 31.4 Å². The van der Waals surface area contributed by atoms with E-state index >= 15 is 0 Å². The Morgan fingerprint density at radius 2 is 0.818 bits per heavy atom. The van der Waals surface area contributed by atoms with Gasteiger partial charge in [0.15, 0.2) is 0 Å². The van der Waals surface area contributed by atoms with Gasteiger partial charge in [0.2, 0.25) is 6.29 Å². The number of hydrogen-bond donors (Lipinski definition) is 0. The standard InChI is InChI=1S/C29H52O4/c1-4-7-8-9-10-11-12-13-14-15-16-17-18-19-20-21-22-23-24-25-26-29(32-27(30)5-2)33-28(31)6-3/h5-6,29H,2-4,7-26H2,1H3. The molecule has 0 bridgehead atoms. The molecule has 0 aromatic heterocycles. The summed E-state index contributed by atoms with van der Waals surface area (Å²) in [6.07, 6.45) is 28.5. The van der Waals surface area contributed by atoms with Gasteiger partial charge >= 0.3 is 11.9 Å². The summed E-state index contributed by atoms with van der Waals surface area (Å²) in [5, 5.41) is 0. The third-order valence-corrected chi connectivity index (χ3v) is 6.12. The van der Waals surface area contributed by atoms with E-state index in [2.05, 4.69) is 20.1 Å². The Morgan fingerprint density at radius 3 is 1.09 bits per heavy atom. The van der Waals surface area contributed by atoms with Gasteiger partial charge in [0.05, 0.1) is 0 Å². The Bertz CT molecular complexity index is 464. The van der Waals surface area contributed by atoms with Crippen LogP contribution >= 0.6 is 0 Å². The van der Waals surface area contributed by atoms with Gasteiger partial charge in [-0.2, -0.15) is 0 Å². The fraction of sp³-hybridized carbons (Fsp3) is 0.793. The van der Waals surface area contributed by atoms with Crippen LogP contribution in [0.1, 0.15) is 142 Å². The minimum atomic E-state index is -0.850. The van der Waals surface area contributed by atoms with Crippen LogP contribution in [-0.2, 0) is 19.1 Å². The Morgan fingerprint density at radius 1 is 0.545 bits per heavy atom. The van der Waals surface area contributed by atoms with Gasteiger partial charge in [-0.3, -0.25) is 0 Å². The molecule has 0 unspecified atom stereocenters. The number of carbonyl (C=O) groups is 2. The molecule has 0 rings (SSSR count). The maximum Gasteiger partial charge on any atom is 0.333 e. The van der Waals surface area contributed by atoms with Gasteiger partial charge in [0.25, 0.3) is 0 Å². The second-order valence-electron chi connectivity index (χ2n) is 9.22. The third kappa shape index (κ3) is 23.4. The molecule has 4 nitrogen and oxygen atoms in total. The molecule has 0 aromatic carbocycles. The van der Waals surface area contributed by atoms with Crippen LogP contribution in [0.15, 0.2) is 25.3 Å². The molecule has 4 heteroatoms. The van der Waals surface area contributed by atoms with E-state index in [4.69, 9.17) is 9.47 Å². The first kappa shape index (κ1) is 31.4. The molecule has 0 saturated heterocycles. The maximum atomic E-state index is 11.3. The van der Waals surface area contributed by atoms with Crippen LogP contribution in [0.3, 0.4) is 0 Å². The van der Waals surface area contributed by atoms with Crippen molar-refractivity contribution >= 4 is 11.9 Å². The van der Waals surface area contributed by atoms with E-state index in [-0.39, 0.29) is 0 Å². The molecule has 0 heterocycles. The molecule has 0 radical (unpaired) electrons. The molecule has 0 atom stereocenters. The van der Waals surface area contributed by atoms with E-state index in [1.54, 1.807) is 0 Å². The van der Waals surface area contributed by atoms with Crippen LogP contribution < -0.4 is 0 Å². The molecule has 0 spiro atoms. The van der Waals surface area contributed by atoms with Gasteiger partial charge < -0.3 is 9.47 Å². The highest BCUT2D eigenvalue weighted by atomic mass is 16.7. The Hall–Kier alpha value is -1.58. The zero-order valence-corrected chi connectivity index (χ0v) is 21.6. The number of rotatable bonds is 25. The Balaban J connectivity index is 3.39. The topological polar surface area (TPSA) is 52.6 Å². The van der Waals surface area contributed by atoms with Crippen molar-refractivity contribution in [1.29, 1.82) is 0 Å². The normalized spacial score (nSPS) is 10.8. The fourth-order valence-electron chi connectivity index (χ4n) is 4.06. The fourth-order valence-corrected chi connectivity index (χ4v) is 4.06. The molecular formula is C29H52O4. The summed E-state index contributed by atoms with van der Waals surface area (Å²) < 4.78 is 10.1. The average Bonchev–Trinajstić information content (AvgIpc) is 2.82. The minimum absolute atomic E-state index is 0.512. The van der Waals surface area contributed by atoms with Crippen LogP contribution in [0, 0.1) is 0 Å². The summed E-state index contributed by atoms with van der Waals surface area (Å²) in [6, 6.07) is 0. The highest BCUT2D eigenvalue weighted by Gasteiger charge is 2.15. The molecule has 0 amide bonds. The lowest BCUT2D eigenvalue weighted by molar-refractivity contribution is -0.182. The van der Waals surface area contributed by atoms with Gasteiger partial charge in [0.1, 0.15) is 0 Å². The summed E-state index contributed by atoms with van der Waals surface area (Å²) in [5.74, 6) is -1.16. The highest BCUT2D eigenvalue weighted by Crippen LogP contribution is 2.16. The molecule has 0 N–H and O–H groups in total. The molecule has 0 fully saturated rings. The summed E-state index contributed by atoms with van der Waals surface area (Å²) >= 11 is 0. The number of carbonyl (C=O) groups excluding carboxylic acids is 2. The second-order valence-corrected chi connectivity index (χ2v) is 9.22.